The zero-order chi connectivity index (χ0) is 89.8. The third-order valence-corrected chi connectivity index (χ3v) is 23.0. The monoisotopic (exact) mass is 1860 g/mol. The van der Waals surface area contributed by atoms with Gasteiger partial charge in [0.1, 0.15) is 34.2 Å². The van der Waals surface area contributed by atoms with E-state index < -0.39 is 69.9 Å². The van der Waals surface area contributed by atoms with Crippen LogP contribution in [0.5, 0.6) is 23.0 Å². The summed E-state index contributed by atoms with van der Waals surface area (Å²) in [6, 6.07) is 21.7. The average Bonchev–Trinajstić information content (AvgIpc) is 1.63. The zero-order valence-electron chi connectivity index (χ0n) is 73.6. The van der Waals surface area contributed by atoms with Crippen molar-refractivity contribution >= 4 is 174 Å². The van der Waals surface area contributed by atoms with Gasteiger partial charge in [0.05, 0.1) is 90.8 Å². The van der Waals surface area contributed by atoms with Crippen molar-refractivity contribution in [2.24, 2.45) is 22.9 Å². The number of aryl methyl sites for hydroxylation is 2. The Morgan fingerprint density at radius 2 is 0.634 bits per heavy atom. The second-order valence-corrected chi connectivity index (χ2v) is 36.1. The van der Waals surface area contributed by atoms with Crippen molar-refractivity contribution in [3.05, 3.63) is 118 Å². The van der Waals surface area contributed by atoms with Crippen LogP contribution in [-0.4, -0.2) is 136 Å². The van der Waals surface area contributed by atoms with Crippen molar-refractivity contribution in [3.63, 3.8) is 0 Å². The van der Waals surface area contributed by atoms with Gasteiger partial charge in [0, 0.05) is 59.0 Å². The van der Waals surface area contributed by atoms with Crippen LogP contribution in [0.25, 0.3) is 43.6 Å². The van der Waals surface area contributed by atoms with Gasteiger partial charge in [0.25, 0.3) is 46.8 Å². The molecule has 0 aliphatic carbocycles. The van der Waals surface area contributed by atoms with E-state index in [4.69, 9.17) is 51.4 Å². The Morgan fingerprint density at radius 3 is 0.886 bits per heavy atom. The third kappa shape index (κ3) is 34.0. The fraction of sp³-hybridized carbons (Fsp3) is 0.516. The molecule has 123 heavy (non-hydrogen) atoms. The summed E-state index contributed by atoms with van der Waals surface area (Å²) < 4.78 is 41.7. The van der Waals surface area contributed by atoms with Crippen LogP contribution in [0.3, 0.4) is 0 Å². The first-order valence-corrected chi connectivity index (χ1v) is 46.3. The Hall–Kier alpha value is -7.53. The Balaban J connectivity index is 0.000000462. The van der Waals surface area contributed by atoms with Crippen LogP contribution in [0.15, 0.2) is 72.8 Å². The molecule has 0 bridgehead atoms. The molecule has 0 fully saturated rings. The fourth-order valence-electron chi connectivity index (χ4n) is 14.3. The molecule has 0 saturated heterocycles. The van der Waals surface area contributed by atoms with E-state index in [1.165, 1.54) is 130 Å². The number of hydrogen-bond donors (Lipinski definition) is 4. The number of fused-ring (bicyclic) bond motifs is 4. The molecule has 0 unspecified atom stereocenters. The number of esters is 2. The minimum atomic E-state index is -1.03. The number of halogens is 1. The number of hydrogen-bond acceptors (Lipinski definition) is 22. The van der Waals surface area contributed by atoms with E-state index in [9.17, 15) is 57.5 Å². The van der Waals surface area contributed by atoms with Gasteiger partial charge < -0.3 is 87.0 Å². The predicted octanol–water partition coefficient (Wildman–Crippen LogP) is 15.2. The van der Waals surface area contributed by atoms with Crippen molar-refractivity contribution in [1.29, 1.82) is 0 Å². The molecular weight excluding hydrogens is 1740 g/mol. The predicted molar refractivity (Wildman–Crippen MR) is 495 cm³/mol. The molecule has 0 atom stereocenters. The number of alkyl halides is 1. The molecule has 8 aromatic rings. The molecule has 4 aromatic carbocycles. The summed E-state index contributed by atoms with van der Waals surface area (Å²) in [5, 5.41) is 3.17. The first kappa shape index (κ1) is 110. The second kappa shape index (κ2) is 55.2. The van der Waals surface area contributed by atoms with Gasteiger partial charge in [-0.25, -0.2) is 9.59 Å². The number of carbonyl (C=O) groups is 12. The van der Waals surface area contributed by atoms with Gasteiger partial charge in [-0.1, -0.05) is 184 Å². The first-order chi connectivity index (χ1) is 57.3. The average molecular weight is 1870 g/mol. The number of primary amides is 4. The van der Waals surface area contributed by atoms with Crippen molar-refractivity contribution in [2.75, 3.05) is 37.5 Å². The molecule has 26 nitrogen and oxygen atoms in total. The summed E-state index contributed by atoms with van der Waals surface area (Å²) in [7, 11) is 3.04. The van der Waals surface area contributed by atoms with Crippen LogP contribution in [-0.2, 0) is 85.3 Å². The van der Waals surface area contributed by atoms with Crippen LogP contribution in [0.4, 0.5) is 0 Å². The quantitative estimate of drug-likeness (QED) is 0.00402. The largest absolute Gasteiger partial charge is 1.00 e. The van der Waals surface area contributed by atoms with Gasteiger partial charge in [-0.15, -0.1) is 0 Å². The molecule has 0 aliphatic rings. The minimum absolute atomic E-state index is 0. The van der Waals surface area contributed by atoms with E-state index in [1.807, 2.05) is 89.9 Å². The number of benzene rings is 4. The topological polar surface area (TPSA) is 384 Å². The Bertz CT molecular complexity index is 4810. The molecule has 4 heterocycles. The summed E-state index contributed by atoms with van der Waals surface area (Å²) in [5.41, 5.74) is 26.8. The van der Waals surface area contributed by atoms with Gasteiger partial charge in [0.15, 0.2) is 18.3 Å². The Kier molecular flexibility index (Phi) is 49.2. The van der Waals surface area contributed by atoms with Crippen molar-refractivity contribution in [2.45, 2.75) is 269 Å². The van der Waals surface area contributed by atoms with Crippen LogP contribution < -0.4 is 93.3 Å². The summed E-state index contributed by atoms with van der Waals surface area (Å²) in [6.45, 7) is 26.1. The van der Waals surface area contributed by atoms with Crippen LogP contribution in [0.1, 0.15) is 269 Å². The van der Waals surface area contributed by atoms with E-state index in [0.29, 0.717) is 98.8 Å². The normalized spacial score (nSPS) is 11.1. The first-order valence-electron chi connectivity index (χ1n) is 41.3. The van der Waals surface area contributed by atoms with E-state index in [2.05, 4.69) is 33.1 Å². The SMILES string of the molecule is C.CC(=O)SCCCCCCCCCCCCn1c(C)c(C(=O)C(N)=O)c2c(OCC(=O)OC(C)(C)C)cccc21.CC(=O)[S-].CCOc1cccc2c1c(C(=O)C(N)=O)c(C)n2CSSCn1c(C)c(C(=O)C(N)=O)c2c(OCC)cccc21.Cc1c(C(=O)C(N)=O)c2c(OCC(=O)OC(C)(C)C)cccc2n1CCCCCCCCCCCCBr.[K+]. The fourth-order valence-corrected chi connectivity index (χ4v) is 17.4. The van der Waals surface area contributed by atoms with Gasteiger partial charge in [-0.05, 0) is 164 Å². The maximum atomic E-state index is 12.8. The maximum Gasteiger partial charge on any atom is 1.00 e. The number of carbonyl (C=O) groups excluding carboxylic acids is 12. The van der Waals surface area contributed by atoms with Crippen molar-refractivity contribution in [3.8, 4) is 23.0 Å². The van der Waals surface area contributed by atoms with Crippen molar-refractivity contribution in [1.82, 2.24) is 18.3 Å². The van der Waals surface area contributed by atoms with E-state index >= 15 is 0 Å². The number of thioether (sulfide) groups is 1. The van der Waals surface area contributed by atoms with Gasteiger partial charge in [0.2, 0.25) is 0 Å². The van der Waals surface area contributed by atoms with Crippen molar-refractivity contribution < 1.29 is 137 Å². The van der Waals surface area contributed by atoms with Crippen LogP contribution in [0, 0.1) is 27.7 Å². The zero-order valence-corrected chi connectivity index (χ0v) is 81.6. The molecule has 4 aromatic heterocycles. The number of Topliss-reactive ketones (excluding diaryl/α,β-unsaturated/α-hetero) is 4. The third-order valence-electron chi connectivity index (χ3n) is 19.5. The molecule has 32 heteroatoms. The smallest absolute Gasteiger partial charge is 0.742 e. The molecule has 670 valence electrons. The molecule has 0 spiro atoms. The number of ketones is 4. The number of nitrogens with two attached hydrogens (primary N) is 4. The van der Waals surface area contributed by atoms with Crippen LogP contribution >= 0.6 is 49.3 Å². The van der Waals surface area contributed by atoms with E-state index in [1.54, 1.807) is 86.6 Å². The molecule has 0 saturated carbocycles. The number of unbranched alkanes of at least 4 members (excludes halogenated alkanes) is 18. The summed E-state index contributed by atoms with van der Waals surface area (Å²) in [4.78, 5) is 143. The Morgan fingerprint density at radius 1 is 0.390 bits per heavy atom. The number of nitrogens with zero attached hydrogens (tertiary/aromatic N) is 4. The summed E-state index contributed by atoms with van der Waals surface area (Å²) in [5.74, 6) is -4.66. The van der Waals surface area contributed by atoms with Crippen LogP contribution in [0.2, 0.25) is 0 Å². The number of amides is 4. The summed E-state index contributed by atoms with van der Waals surface area (Å²) in [6.07, 6.45) is 23.8. The molecule has 4 amide bonds. The number of aromatic nitrogens is 4. The standard InChI is InChI=1S/C31H46N2O6S.C29H43BrN2O5.C28H30N4O6S2.C2H4OS.CH4.K/c1-22-27(29(36)30(32)37)28-24(17-16-18-25(28)38-21-26(35)39-31(3,4)5)33(22)19-14-12-10-8-6-7-9-11-13-15-20-40-23(2)34;1-21-25(27(34)28(31)35)26-22(16-15-17-23(26)36-20-24(33)37-29(2,3)4)32(21)19-14-12-10-8-6-5-7-9-11-13-18-30;1-5-37-19-11-7-9-17-23(19)21(25(33)27(29)35)15(3)31(17)13-39-40-14-32-16(4)22(26(34)28(30)36)24-18(32)10-8-12-20(24)38-6-2;1-2(3)4;;/h16-18H,6-15,19-21H2,1-5H3,(H2,32,37);15-17H,5-14,18-20H2,1-4H3,(H2,31,35);7-12H,5-6,13-14H2,1-4H3,(H2,29,35)(H2,30,36);1H3,(H,3,4);1H4;/q;;;;;+1/p-1. The molecule has 0 radical (unpaired) electrons. The number of rotatable bonds is 48. The van der Waals surface area contributed by atoms with E-state index in [0.717, 1.165) is 78.2 Å². The van der Waals surface area contributed by atoms with Gasteiger partial charge in [-0.2, -0.15) is 0 Å². The molecule has 8 N–H and O–H groups in total. The van der Waals surface area contributed by atoms with Gasteiger partial charge >= 0.3 is 63.3 Å². The molecule has 0 aliphatic heterocycles. The van der Waals surface area contributed by atoms with E-state index in [-0.39, 0.29) is 105 Å². The second-order valence-electron chi connectivity index (χ2n) is 31.1. The summed E-state index contributed by atoms with van der Waals surface area (Å²) >= 11 is 8.88. The minimum Gasteiger partial charge on any atom is -0.742 e. The number of ether oxygens (including phenoxy) is 6. The molecular formula is C91H126BrKN8O18S4. The molecule has 8 rings (SSSR count). The Labute approximate surface area is 792 Å². The van der Waals surface area contributed by atoms with Gasteiger partial charge in [-0.3, -0.25) is 43.2 Å². The maximum absolute atomic E-state index is 12.8.